The highest BCUT2D eigenvalue weighted by Crippen LogP contribution is 2.18. The van der Waals surface area contributed by atoms with E-state index in [4.69, 9.17) is 14.2 Å². The highest BCUT2D eigenvalue weighted by atomic mass is 16.6. The molecular weight excluding hydrogens is 901 g/mol. The lowest BCUT2D eigenvalue weighted by molar-refractivity contribution is -0.167. The Morgan fingerprint density at radius 1 is 0.274 bits per heavy atom. The van der Waals surface area contributed by atoms with Gasteiger partial charge in [-0.2, -0.15) is 0 Å². The number of esters is 3. The van der Waals surface area contributed by atoms with Crippen LogP contribution in [0.2, 0.25) is 0 Å². The quantitative estimate of drug-likeness (QED) is 0.0261. The van der Waals surface area contributed by atoms with Gasteiger partial charge < -0.3 is 14.2 Å². The number of rotatable bonds is 60. The molecule has 0 bridgehead atoms. The van der Waals surface area contributed by atoms with E-state index < -0.39 is 6.10 Å². The molecule has 0 saturated heterocycles. The van der Waals surface area contributed by atoms with Crippen LogP contribution in [0.15, 0.2) is 36.5 Å². The zero-order valence-corrected chi connectivity index (χ0v) is 49.2. The van der Waals surface area contributed by atoms with Gasteiger partial charge in [-0.15, -0.1) is 0 Å². The van der Waals surface area contributed by atoms with Gasteiger partial charge in [-0.25, -0.2) is 0 Å². The second-order valence-corrected chi connectivity index (χ2v) is 22.0. The first-order valence-corrected chi connectivity index (χ1v) is 32.5. The van der Waals surface area contributed by atoms with E-state index in [1.54, 1.807) is 0 Å². The number of hydrogen-bond donors (Lipinski definition) is 0. The number of ether oxygens (including phenoxy) is 3. The van der Waals surface area contributed by atoms with Crippen LogP contribution in [0.3, 0.4) is 0 Å². The first kappa shape index (κ1) is 70.6. The van der Waals surface area contributed by atoms with Crippen molar-refractivity contribution in [1.29, 1.82) is 0 Å². The van der Waals surface area contributed by atoms with Crippen molar-refractivity contribution in [2.24, 2.45) is 0 Å². The fraction of sp³-hybridized carbons (Fsp3) is 0.866. The van der Waals surface area contributed by atoms with Crippen LogP contribution in [-0.2, 0) is 28.6 Å². The van der Waals surface area contributed by atoms with Crippen molar-refractivity contribution >= 4 is 17.9 Å². The Kier molecular flexibility index (Phi) is 60.2. The summed E-state index contributed by atoms with van der Waals surface area (Å²) in [6.07, 6.45) is 76.0. The van der Waals surface area contributed by atoms with Crippen LogP contribution in [0, 0.1) is 0 Å². The molecule has 0 N–H and O–H groups in total. The Hall–Kier alpha value is -2.37. The van der Waals surface area contributed by atoms with Crippen molar-refractivity contribution < 1.29 is 28.6 Å². The number of hydrogen-bond acceptors (Lipinski definition) is 6. The maximum absolute atomic E-state index is 12.9. The highest BCUT2D eigenvalue weighted by molar-refractivity contribution is 5.71. The van der Waals surface area contributed by atoms with E-state index >= 15 is 0 Å². The summed E-state index contributed by atoms with van der Waals surface area (Å²) < 4.78 is 16.9. The van der Waals surface area contributed by atoms with Gasteiger partial charge in [0.25, 0.3) is 0 Å². The van der Waals surface area contributed by atoms with Crippen molar-refractivity contribution in [1.82, 2.24) is 0 Å². The third-order valence-electron chi connectivity index (χ3n) is 14.6. The average Bonchev–Trinajstić information content (AvgIpc) is 3.39. The van der Waals surface area contributed by atoms with Crippen LogP contribution >= 0.6 is 0 Å². The molecule has 0 heterocycles. The van der Waals surface area contributed by atoms with E-state index in [0.717, 1.165) is 70.6 Å². The molecule has 0 radical (unpaired) electrons. The maximum atomic E-state index is 12.9. The molecule has 73 heavy (non-hydrogen) atoms. The fourth-order valence-electron chi connectivity index (χ4n) is 9.75. The van der Waals surface area contributed by atoms with Gasteiger partial charge in [-0.1, -0.05) is 314 Å². The first-order valence-electron chi connectivity index (χ1n) is 32.5. The SMILES string of the molecule is CCCCCCC/C=C\C/C=C\C/C=C\CCCCCCCCCCCCC(=O)OCC(COC(=O)CCCCCCCCCC)OC(=O)CCCCCCCCCCCCCCCCCCCCCCCC. The molecule has 0 aromatic heterocycles. The lowest BCUT2D eigenvalue weighted by Crippen LogP contribution is -2.30. The van der Waals surface area contributed by atoms with Gasteiger partial charge in [-0.3, -0.25) is 14.4 Å². The number of allylic oxidation sites excluding steroid dienone is 6. The molecule has 1 atom stereocenters. The lowest BCUT2D eigenvalue weighted by Gasteiger charge is -2.18. The Labute approximate surface area is 455 Å². The van der Waals surface area contributed by atoms with Crippen molar-refractivity contribution in [3.05, 3.63) is 36.5 Å². The van der Waals surface area contributed by atoms with Gasteiger partial charge in [0.15, 0.2) is 6.10 Å². The molecule has 0 aliphatic carbocycles. The van der Waals surface area contributed by atoms with Crippen molar-refractivity contribution in [2.75, 3.05) is 13.2 Å². The average molecular weight is 1030 g/mol. The zero-order valence-electron chi connectivity index (χ0n) is 49.2. The molecule has 0 aromatic carbocycles. The van der Waals surface area contributed by atoms with Crippen LogP contribution < -0.4 is 0 Å². The van der Waals surface area contributed by atoms with Crippen LogP contribution in [0.4, 0.5) is 0 Å². The van der Waals surface area contributed by atoms with Gasteiger partial charge in [0.05, 0.1) is 0 Å². The molecule has 6 heteroatoms. The summed E-state index contributed by atoms with van der Waals surface area (Å²) >= 11 is 0. The molecule has 0 aromatic rings. The minimum Gasteiger partial charge on any atom is -0.462 e. The summed E-state index contributed by atoms with van der Waals surface area (Å²) in [6.45, 7) is 6.65. The van der Waals surface area contributed by atoms with Gasteiger partial charge in [0.1, 0.15) is 13.2 Å². The van der Waals surface area contributed by atoms with Crippen LogP contribution in [0.1, 0.15) is 355 Å². The number of unbranched alkanes of at least 4 members (excludes halogenated alkanes) is 43. The fourth-order valence-corrected chi connectivity index (χ4v) is 9.75. The molecule has 0 spiro atoms. The normalized spacial score (nSPS) is 12.2. The Balaban J connectivity index is 4.14. The Morgan fingerprint density at radius 2 is 0.493 bits per heavy atom. The number of carbonyl (C=O) groups is 3. The molecule has 6 nitrogen and oxygen atoms in total. The molecule has 428 valence electrons. The predicted molar refractivity (Wildman–Crippen MR) is 316 cm³/mol. The van der Waals surface area contributed by atoms with Gasteiger partial charge in [0, 0.05) is 19.3 Å². The largest absolute Gasteiger partial charge is 0.462 e. The molecule has 0 amide bonds. The van der Waals surface area contributed by atoms with E-state index in [-0.39, 0.29) is 31.1 Å². The van der Waals surface area contributed by atoms with E-state index in [0.29, 0.717) is 19.3 Å². The van der Waals surface area contributed by atoms with Gasteiger partial charge in [0.2, 0.25) is 0 Å². The molecule has 0 aliphatic rings. The van der Waals surface area contributed by atoms with Crippen LogP contribution in [0.25, 0.3) is 0 Å². The molecule has 0 aliphatic heterocycles. The summed E-state index contributed by atoms with van der Waals surface area (Å²) in [5, 5.41) is 0. The topological polar surface area (TPSA) is 78.9 Å². The van der Waals surface area contributed by atoms with E-state index in [1.165, 1.54) is 244 Å². The van der Waals surface area contributed by atoms with Gasteiger partial charge >= 0.3 is 17.9 Å². The standard InChI is InChI=1S/C67H124O6/c1-4-7-10-13-16-19-21-23-25-27-29-31-33-34-35-37-38-40-42-44-46-48-51-54-57-60-66(69)72-63-64(62-71-65(68)59-56-53-50-18-15-12-9-6-3)73-67(70)61-58-55-52-49-47-45-43-41-39-36-32-30-28-26-24-22-20-17-14-11-8-5-2/h21,23,27,29,33-34,64H,4-20,22,24-26,28,30-32,35-63H2,1-3H3/b23-21-,29-27-,34-33-. The second kappa shape index (κ2) is 62.2. The smallest absolute Gasteiger partial charge is 0.306 e. The van der Waals surface area contributed by atoms with Crippen LogP contribution in [-0.4, -0.2) is 37.2 Å². The van der Waals surface area contributed by atoms with Crippen molar-refractivity contribution in [3.63, 3.8) is 0 Å². The highest BCUT2D eigenvalue weighted by Gasteiger charge is 2.19. The summed E-state index contributed by atoms with van der Waals surface area (Å²) in [6, 6.07) is 0. The second-order valence-electron chi connectivity index (χ2n) is 22.0. The predicted octanol–water partition coefficient (Wildman–Crippen LogP) is 22.0. The summed E-state index contributed by atoms with van der Waals surface area (Å²) in [5.74, 6) is -0.854. The molecule has 0 rings (SSSR count). The van der Waals surface area contributed by atoms with E-state index in [1.807, 2.05) is 0 Å². The minimum atomic E-state index is -0.769. The van der Waals surface area contributed by atoms with Crippen molar-refractivity contribution in [2.45, 2.75) is 361 Å². The Morgan fingerprint density at radius 3 is 0.767 bits per heavy atom. The zero-order chi connectivity index (χ0) is 52.9. The lowest BCUT2D eigenvalue weighted by atomic mass is 10.0. The summed E-state index contributed by atoms with van der Waals surface area (Å²) in [4.78, 5) is 38.1. The molecule has 0 saturated carbocycles. The van der Waals surface area contributed by atoms with E-state index in [2.05, 4.69) is 57.2 Å². The third kappa shape index (κ3) is 60.4. The molecular formula is C67H124O6. The van der Waals surface area contributed by atoms with Gasteiger partial charge in [-0.05, 0) is 57.8 Å². The summed E-state index contributed by atoms with van der Waals surface area (Å²) in [5.41, 5.74) is 0. The first-order chi connectivity index (χ1) is 36.0. The molecule has 0 fully saturated rings. The van der Waals surface area contributed by atoms with E-state index in [9.17, 15) is 14.4 Å². The maximum Gasteiger partial charge on any atom is 0.306 e. The minimum absolute atomic E-state index is 0.0685. The Bertz CT molecular complexity index is 1220. The third-order valence-corrected chi connectivity index (χ3v) is 14.6. The van der Waals surface area contributed by atoms with Crippen molar-refractivity contribution in [3.8, 4) is 0 Å². The molecule has 1 unspecified atom stereocenters. The number of carbonyl (C=O) groups excluding carboxylic acids is 3. The monoisotopic (exact) mass is 1020 g/mol. The van der Waals surface area contributed by atoms with Crippen LogP contribution in [0.5, 0.6) is 0 Å². The summed E-state index contributed by atoms with van der Waals surface area (Å²) in [7, 11) is 0.